The molecule has 1 unspecified atom stereocenters. The summed E-state index contributed by atoms with van der Waals surface area (Å²) >= 11 is 5.96. The molecule has 11 heteroatoms. The van der Waals surface area contributed by atoms with Crippen molar-refractivity contribution in [2.24, 2.45) is 0 Å². The van der Waals surface area contributed by atoms with E-state index in [-0.39, 0.29) is 16.5 Å². The van der Waals surface area contributed by atoms with Gasteiger partial charge in [-0.05, 0) is 61.6 Å². The number of hydrogen-bond donors (Lipinski definition) is 2. The fourth-order valence-electron chi connectivity index (χ4n) is 4.06. The molecule has 0 bridgehead atoms. The summed E-state index contributed by atoms with van der Waals surface area (Å²) in [6.07, 6.45) is 0.936. The number of hydrogen-bond acceptors (Lipinski definition) is 6. The number of ether oxygens (including phenoxy) is 1. The minimum atomic E-state index is -4.22. The molecule has 1 aliphatic rings. The van der Waals surface area contributed by atoms with E-state index in [0.717, 1.165) is 5.56 Å². The lowest BCUT2D eigenvalue weighted by molar-refractivity contribution is 0.355. The second kappa shape index (κ2) is 8.02. The maximum absolute atomic E-state index is 15.0. The third kappa shape index (κ3) is 3.82. The summed E-state index contributed by atoms with van der Waals surface area (Å²) in [6, 6.07) is 5.97. The van der Waals surface area contributed by atoms with Crippen LogP contribution in [0.2, 0.25) is 5.02 Å². The molecule has 4 rings (SSSR count). The number of rotatable bonds is 7. The molecule has 2 N–H and O–H groups in total. The summed E-state index contributed by atoms with van der Waals surface area (Å²) in [5.74, 6) is -1.44. The van der Waals surface area contributed by atoms with Gasteiger partial charge in [0, 0.05) is 16.5 Å². The fraction of sp³-hybridized carbons (Fsp3) is 0.333. The van der Waals surface area contributed by atoms with E-state index >= 15 is 4.39 Å². The number of nitrogens with one attached hydrogen (secondary N) is 2. The molecule has 1 fully saturated rings. The third-order valence-corrected chi connectivity index (χ3v) is 7.61. The zero-order chi connectivity index (χ0) is 23.3. The number of aromatic amines is 1. The average molecular weight is 482 g/mol. The number of halogens is 2. The van der Waals surface area contributed by atoms with Crippen LogP contribution in [0, 0.1) is 19.7 Å². The molecule has 2 aromatic carbocycles. The lowest BCUT2D eigenvalue weighted by Crippen LogP contribution is -2.38. The van der Waals surface area contributed by atoms with Crippen molar-refractivity contribution < 1.29 is 22.0 Å². The molecule has 0 spiro atoms. The molecule has 1 saturated carbocycles. The first-order valence-corrected chi connectivity index (χ1v) is 11.6. The van der Waals surface area contributed by atoms with Crippen molar-refractivity contribution in [1.29, 1.82) is 0 Å². The van der Waals surface area contributed by atoms with Gasteiger partial charge in [-0.25, -0.2) is 22.7 Å². The lowest BCUT2D eigenvalue weighted by Gasteiger charge is -2.28. The van der Waals surface area contributed by atoms with Gasteiger partial charge in [-0.3, -0.25) is 0 Å². The molecule has 1 aromatic heterocycles. The second-order valence-corrected chi connectivity index (χ2v) is 9.94. The highest BCUT2D eigenvalue weighted by molar-refractivity contribution is 7.89. The summed E-state index contributed by atoms with van der Waals surface area (Å²) in [4.78, 5) is 11.5. The van der Waals surface area contributed by atoms with Crippen LogP contribution in [0.15, 0.2) is 44.4 Å². The monoisotopic (exact) mass is 481 g/mol. The maximum Gasteiger partial charge on any atom is 0.434 e. The van der Waals surface area contributed by atoms with Gasteiger partial charge in [-0.2, -0.15) is 4.72 Å². The summed E-state index contributed by atoms with van der Waals surface area (Å²) in [5, 5.41) is 6.31. The van der Waals surface area contributed by atoms with Gasteiger partial charge in [-0.1, -0.05) is 17.7 Å². The van der Waals surface area contributed by atoms with Crippen LogP contribution in [0.25, 0.3) is 0 Å². The van der Waals surface area contributed by atoms with Crippen LogP contribution in [0.4, 0.5) is 4.39 Å². The normalized spacial score (nSPS) is 16.0. The van der Waals surface area contributed by atoms with Crippen LogP contribution < -0.4 is 15.2 Å². The molecule has 0 aliphatic heterocycles. The molecule has 1 aliphatic carbocycles. The van der Waals surface area contributed by atoms with Crippen LogP contribution in [-0.2, 0) is 15.4 Å². The summed E-state index contributed by atoms with van der Waals surface area (Å²) < 4.78 is 54.7. The summed E-state index contributed by atoms with van der Waals surface area (Å²) in [5.41, 5.74) is 0.961. The van der Waals surface area contributed by atoms with Gasteiger partial charge in [0.15, 0.2) is 0 Å². The highest BCUT2D eigenvalue weighted by atomic mass is 35.5. The first-order valence-electron chi connectivity index (χ1n) is 9.76. The van der Waals surface area contributed by atoms with Gasteiger partial charge >= 0.3 is 5.76 Å². The SMILES string of the molecule is COc1cc(Cl)ccc1S(=O)(=O)NC(c1n[nH]c(=O)o1)C1(c2c(F)ccc(C)c2C)CC1. The van der Waals surface area contributed by atoms with E-state index in [1.165, 1.54) is 31.4 Å². The molecule has 8 nitrogen and oxygen atoms in total. The Bertz CT molecular complexity index is 1350. The van der Waals surface area contributed by atoms with Gasteiger partial charge in [-0.15, -0.1) is 5.10 Å². The molecule has 32 heavy (non-hydrogen) atoms. The number of aryl methyl sites for hydroxylation is 1. The Morgan fingerprint density at radius 2 is 2.00 bits per heavy atom. The molecule has 1 heterocycles. The van der Waals surface area contributed by atoms with Gasteiger partial charge < -0.3 is 9.15 Å². The van der Waals surface area contributed by atoms with Gasteiger partial charge in [0.25, 0.3) is 0 Å². The molecule has 170 valence electrons. The van der Waals surface area contributed by atoms with Gasteiger partial charge in [0.2, 0.25) is 15.9 Å². The van der Waals surface area contributed by atoms with Crippen molar-refractivity contribution in [3.8, 4) is 5.75 Å². The van der Waals surface area contributed by atoms with Crippen molar-refractivity contribution in [2.75, 3.05) is 7.11 Å². The van der Waals surface area contributed by atoms with Crippen LogP contribution in [0.1, 0.15) is 41.5 Å². The first kappa shape index (κ1) is 22.5. The highest BCUT2D eigenvalue weighted by Crippen LogP contribution is 2.58. The summed E-state index contributed by atoms with van der Waals surface area (Å²) in [6.45, 7) is 3.63. The van der Waals surface area contributed by atoms with Gasteiger partial charge in [0.05, 0.1) is 7.11 Å². The number of methoxy groups -OCH3 is 1. The van der Waals surface area contributed by atoms with Gasteiger partial charge in [0.1, 0.15) is 22.5 Å². The molecule has 0 radical (unpaired) electrons. The highest BCUT2D eigenvalue weighted by Gasteiger charge is 2.56. The van der Waals surface area contributed by atoms with E-state index in [0.29, 0.717) is 29.0 Å². The topological polar surface area (TPSA) is 114 Å². The Kier molecular flexibility index (Phi) is 5.64. The van der Waals surface area contributed by atoms with Crippen LogP contribution >= 0.6 is 11.6 Å². The van der Waals surface area contributed by atoms with E-state index in [4.69, 9.17) is 20.8 Å². The molecular weight excluding hydrogens is 461 g/mol. The predicted molar refractivity (Wildman–Crippen MR) is 115 cm³/mol. The molecule has 3 aromatic rings. The smallest absolute Gasteiger partial charge is 0.434 e. The Balaban J connectivity index is 1.86. The zero-order valence-corrected chi connectivity index (χ0v) is 19.1. The third-order valence-electron chi connectivity index (χ3n) is 5.91. The molecule has 0 amide bonds. The van der Waals surface area contributed by atoms with E-state index < -0.39 is 33.1 Å². The first-order chi connectivity index (χ1) is 15.1. The maximum atomic E-state index is 15.0. The van der Waals surface area contributed by atoms with Crippen molar-refractivity contribution >= 4 is 21.6 Å². The quantitative estimate of drug-likeness (QED) is 0.533. The van der Waals surface area contributed by atoms with Crippen molar-refractivity contribution in [1.82, 2.24) is 14.9 Å². The Hall–Kier alpha value is -2.69. The summed E-state index contributed by atoms with van der Waals surface area (Å²) in [7, 11) is -2.89. The van der Waals surface area contributed by atoms with Crippen molar-refractivity contribution in [3.63, 3.8) is 0 Å². The Morgan fingerprint density at radius 3 is 2.59 bits per heavy atom. The minimum absolute atomic E-state index is 0.0370. The van der Waals surface area contributed by atoms with Crippen LogP contribution in [0.5, 0.6) is 5.75 Å². The molecule has 0 saturated heterocycles. The number of sulfonamides is 1. The number of nitrogens with zero attached hydrogens (tertiary/aromatic N) is 1. The van der Waals surface area contributed by atoms with Crippen LogP contribution in [-0.4, -0.2) is 25.7 Å². The Labute approximate surface area is 188 Å². The van der Waals surface area contributed by atoms with E-state index in [1.54, 1.807) is 13.0 Å². The number of H-pyrrole nitrogens is 1. The van der Waals surface area contributed by atoms with E-state index in [2.05, 4.69) is 14.9 Å². The number of aromatic nitrogens is 2. The van der Waals surface area contributed by atoms with Crippen LogP contribution in [0.3, 0.4) is 0 Å². The van der Waals surface area contributed by atoms with E-state index in [1.807, 2.05) is 6.92 Å². The molecule has 1 atom stereocenters. The van der Waals surface area contributed by atoms with Crippen molar-refractivity contribution in [2.45, 2.75) is 43.0 Å². The standard InChI is InChI=1S/C21H21ClFN3O5S/c1-11-4-6-14(23)17(12(11)2)21(8-9-21)18(19-24-25-20(27)31-19)26-32(28,29)16-7-5-13(22)10-15(16)30-3/h4-7,10,18,26H,8-9H2,1-3H3,(H,25,27). The lowest BCUT2D eigenvalue weighted by atomic mass is 9.83. The zero-order valence-electron chi connectivity index (χ0n) is 17.5. The Morgan fingerprint density at radius 1 is 1.28 bits per heavy atom. The van der Waals surface area contributed by atoms with E-state index in [9.17, 15) is 13.2 Å². The van der Waals surface area contributed by atoms with Crippen molar-refractivity contribution in [3.05, 3.63) is 74.3 Å². The predicted octanol–water partition coefficient (Wildman–Crippen LogP) is 3.53. The largest absolute Gasteiger partial charge is 0.495 e. The molecular formula is C21H21ClFN3O5S. The average Bonchev–Trinajstić information content (AvgIpc) is 3.42. The minimum Gasteiger partial charge on any atom is -0.495 e. The number of benzene rings is 2. The fourth-order valence-corrected chi connectivity index (χ4v) is 5.64. The second-order valence-electron chi connectivity index (χ2n) is 7.82.